The van der Waals surface area contributed by atoms with Crippen LogP contribution in [0.2, 0.25) is 0 Å². The second-order valence-corrected chi connectivity index (χ2v) is 7.89. The molecule has 0 saturated carbocycles. The number of aryl methyl sites for hydroxylation is 1. The van der Waals surface area contributed by atoms with Crippen LogP contribution in [0.25, 0.3) is 10.9 Å². The van der Waals surface area contributed by atoms with Crippen LogP contribution in [-0.4, -0.2) is 23.1 Å². The average molecular weight is 374 g/mol. The van der Waals surface area contributed by atoms with E-state index < -0.39 is 15.7 Å². The number of nitrogens with two attached hydrogens (primary N) is 1. The highest BCUT2D eigenvalue weighted by Gasteiger charge is 2.21. The van der Waals surface area contributed by atoms with Crippen molar-refractivity contribution in [2.75, 3.05) is 5.73 Å². The normalized spacial score (nSPS) is 11.7. The van der Waals surface area contributed by atoms with Gasteiger partial charge < -0.3 is 10.8 Å². The van der Waals surface area contributed by atoms with Gasteiger partial charge in [-0.2, -0.15) is 8.42 Å². The van der Waals surface area contributed by atoms with Crippen LogP contribution in [0, 0.1) is 6.92 Å². The molecule has 0 aliphatic carbocycles. The molecule has 2 aromatic carbocycles. The smallest absolute Gasteiger partial charge is 0.294 e. The minimum absolute atomic E-state index is 0.0666. The Kier molecular flexibility index (Phi) is 5.65. The van der Waals surface area contributed by atoms with Gasteiger partial charge in [-0.05, 0) is 45.0 Å². The van der Waals surface area contributed by atoms with E-state index in [0.29, 0.717) is 11.4 Å². The van der Waals surface area contributed by atoms with E-state index in [1.54, 1.807) is 26.0 Å². The summed E-state index contributed by atoms with van der Waals surface area (Å²) in [7, 11) is -4.02. The summed E-state index contributed by atoms with van der Waals surface area (Å²) >= 11 is 0. The molecule has 1 heterocycles. The summed E-state index contributed by atoms with van der Waals surface area (Å²) in [5.74, 6) is 0. The van der Waals surface area contributed by atoms with Gasteiger partial charge in [0.25, 0.3) is 10.1 Å². The van der Waals surface area contributed by atoms with Crippen molar-refractivity contribution in [3.63, 3.8) is 0 Å². The first kappa shape index (κ1) is 19.8. The van der Waals surface area contributed by atoms with Gasteiger partial charge in [-0.15, -0.1) is 0 Å². The van der Waals surface area contributed by atoms with Crippen LogP contribution in [0.5, 0.6) is 0 Å². The Bertz CT molecular complexity index is 1010. The predicted octanol–water partition coefficient (Wildman–Crippen LogP) is 3.29. The van der Waals surface area contributed by atoms with Gasteiger partial charge in [-0.1, -0.05) is 35.9 Å². The molecule has 4 N–H and O–H groups in total. The molecule has 0 saturated heterocycles. The highest BCUT2D eigenvalue weighted by atomic mass is 32.2. The van der Waals surface area contributed by atoms with Gasteiger partial charge >= 0.3 is 0 Å². The Morgan fingerprint density at radius 1 is 1.04 bits per heavy atom. The van der Waals surface area contributed by atoms with Crippen molar-refractivity contribution in [1.29, 1.82) is 0 Å². The highest BCUT2D eigenvalue weighted by molar-refractivity contribution is 7.85. The molecule has 3 rings (SSSR count). The van der Waals surface area contributed by atoms with E-state index in [-0.39, 0.29) is 4.90 Å². The van der Waals surface area contributed by atoms with Crippen molar-refractivity contribution < 1.29 is 18.1 Å². The number of hydrogen-bond acceptors (Lipinski definition) is 5. The third-order valence-electron chi connectivity index (χ3n) is 3.65. The van der Waals surface area contributed by atoms with Crippen molar-refractivity contribution in [3.8, 4) is 0 Å². The fourth-order valence-electron chi connectivity index (χ4n) is 2.33. The standard InChI is InChI=1S/C12H14N2O.C7H8O3S/c1-12(2,15)11-9(13)7-8-5-3-4-6-10(8)14-11;1-6-2-4-7(5-3-6)11(8,9)10/h3-7,15H,13H2,1-2H3;2-5H,1H3,(H,8,9,10). The molecular weight excluding hydrogens is 352 g/mol. The molecule has 1 aromatic heterocycles. The Morgan fingerprint density at radius 3 is 2.15 bits per heavy atom. The van der Waals surface area contributed by atoms with E-state index >= 15 is 0 Å². The minimum atomic E-state index is -4.02. The summed E-state index contributed by atoms with van der Waals surface area (Å²) in [5.41, 5.74) is 7.71. The number of anilines is 1. The molecule has 7 heteroatoms. The Hall–Kier alpha value is -2.48. The first-order valence-corrected chi connectivity index (χ1v) is 9.35. The summed E-state index contributed by atoms with van der Waals surface area (Å²) in [4.78, 5) is 4.30. The fourth-order valence-corrected chi connectivity index (χ4v) is 2.81. The zero-order valence-electron chi connectivity index (χ0n) is 14.8. The third-order valence-corrected chi connectivity index (χ3v) is 4.52. The maximum Gasteiger partial charge on any atom is 0.294 e. The number of para-hydroxylation sites is 1. The van der Waals surface area contributed by atoms with Gasteiger partial charge in [0.1, 0.15) is 5.60 Å². The maximum absolute atomic E-state index is 10.5. The van der Waals surface area contributed by atoms with Crippen LogP contribution in [0.4, 0.5) is 5.69 Å². The lowest BCUT2D eigenvalue weighted by molar-refractivity contribution is 0.0751. The molecule has 0 aliphatic heterocycles. The van der Waals surface area contributed by atoms with Gasteiger partial charge in [0.2, 0.25) is 0 Å². The van der Waals surface area contributed by atoms with E-state index in [9.17, 15) is 13.5 Å². The van der Waals surface area contributed by atoms with Gasteiger partial charge in [-0.3, -0.25) is 4.55 Å². The Balaban J connectivity index is 0.000000197. The van der Waals surface area contributed by atoms with Gasteiger partial charge in [-0.25, -0.2) is 4.98 Å². The topological polar surface area (TPSA) is 114 Å². The largest absolute Gasteiger partial charge is 0.397 e. The first-order valence-electron chi connectivity index (χ1n) is 7.91. The van der Waals surface area contributed by atoms with Crippen molar-refractivity contribution >= 4 is 26.7 Å². The van der Waals surface area contributed by atoms with Crippen molar-refractivity contribution in [1.82, 2.24) is 4.98 Å². The van der Waals surface area contributed by atoms with Crippen LogP contribution in [-0.2, 0) is 15.7 Å². The van der Waals surface area contributed by atoms with E-state index in [0.717, 1.165) is 16.5 Å². The molecule has 0 unspecified atom stereocenters. The molecule has 0 aliphatic rings. The molecule has 0 spiro atoms. The Morgan fingerprint density at radius 2 is 1.62 bits per heavy atom. The van der Waals surface area contributed by atoms with E-state index in [1.807, 2.05) is 37.3 Å². The second-order valence-electron chi connectivity index (χ2n) is 6.47. The number of fused-ring (bicyclic) bond motifs is 1. The van der Waals surface area contributed by atoms with Crippen molar-refractivity contribution in [2.45, 2.75) is 31.3 Å². The zero-order chi connectivity index (χ0) is 19.5. The molecule has 0 bridgehead atoms. The van der Waals surface area contributed by atoms with E-state index in [2.05, 4.69) is 4.98 Å². The summed E-state index contributed by atoms with van der Waals surface area (Å²) in [6.07, 6.45) is 0. The molecule has 6 nitrogen and oxygen atoms in total. The molecule has 138 valence electrons. The fraction of sp³-hybridized carbons (Fsp3) is 0.211. The van der Waals surface area contributed by atoms with Crippen LogP contribution in [0.1, 0.15) is 25.1 Å². The third kappa shape index (κ3) is 5.01. The Labute approximate surface area is 153 Å². The predicted molar refractivity (Wildman–Crippen MR) is 102 cm³/mol. The summed E-state index contributed by atoms with van der Waals surface area (Å²) in [5, 5.41) is 10.9. The lowest BCUT2D eigenvalue weighted by Crippen LogP contribution is -2.19. The number of benzene rings is 2. The maximum atomic E-state index is 10.5. The van der Waals surface area contributed by atoms with Crippen molar-refractivity contribution in [3.05, 3.63) is 65.9 Å². The molecule has 0 radical (unpaired) electrons. The lowest BCUT2D eigenvalue weighted by atomic mass is 10.0. The van der Waals surface area contributed by atoms with Crippen LogP contribution < -0.4 is 5.73 Å². The number of hydrogen-bond donors (Lipinski definition) is 3. The molecule has 0 atom stereocenters. The first-order chi connectivity index (χ1) is 12.0. The SMILES string of the molecule is CC(C)(O)c1nc2ccccc2cc1N.Cc1ccc(S(=O)(=O)O)cc1. The zero-order valence-corrected chi connectivity index (χ0v) is 15.7. The minimum Gasteiger partial charge on any atom is -0.397 e. The van der Waals surface area contributed by atoms with Crippen LogP contribution in [0.3, 0.4) is 0 Å². The quantitative estimate of drug-likeness (QED) is 0.593. The number of nitrogen functional groups attached to an aromatic ring is 1. The molecule has 0 amide bonds. The number of aromatic nitrogens is 1. The van der Waals surface area contributed by atoms with Crippen LogP contribution >= 0.6 is 0 Å². The monoisotopic (exact) mass is 374 g/mol. The number of nitrogens with zero attached hydrogens (tertiary/aromatic N) is 1. The summed E-state index contributed by atoms with van der Waals surface area (Å²) in [6, 6.07) is 15.5. The highest BCUT2D eigenvalue weighted by Crippen LogP contribution is 2.26. The molecular formula is C19H22N2O4S. The van der Waals surface area contributed by atoms with Gasteiger partial charge in [0.15, 0.2) is 0 Å². The summed E-state index contributed by atoms with van der Waals surface area (Å²) in [6.45, 7) is 5.20. The average Bonchev–Trinajstić information content (AvgIpc) is 2.53. The molecule has 3 aromatic rings. The second kappa shape index (κ2) is 7.41. The van der Waals surface area contributed by atoms with E-state index in [4.69, 9.17) is 10.3 Å². The number of rotatable bonds is 2. The summed E-state index contributed by atoms with van der Waals surface area (Å²) < 4.78 is 29.6. The molecule has 26 heavy (non-hydrogen) atoms. The van der Waals surface area contributed by atoms with Crippen molar-refractivity contribution in [2.24, 2.45) is 0 Å². The van der Waals surface area contributed by atoms with E-state index in [1.165, 1.54) is 12.1 Å². The van der Waals surface area contributed by atoms with Gasteiger partial charge in [0.05, 0.1) is 21.8 Å². The molecule has 0 fully saturated rings. The number of aliphatic hydroxyl groups is 1. The number of pyridine rings is 1. The lowest BCUT2D eigenvalue weighted by Gasteiger charge is -2.19. The van der Waals surface area contributed by atoms with Crippen LogP contribution in [0.15, 0.2) is 59.5 Å². The van der Waals surface area contributed by atoms with Gasteiger partial charge in [0, 0.05) is 5.39 Å².